The molecule has 3 aromatic rings. The van der Waals surface area contributed by atoms with Gasteiger partial charge in [-0.2, -0.15) is 4.31 Å². The van der Waals surface area contributed by atoms with E-state index in [1.807, 2.05) is 18.2 Å². The van der Waals surface area contributed by atoms with Gasteiger partial charge in [0.15, 0.2) is 5.65 Å². The van der Waals surface area contributed by atoms with Crippen molar-refractivity contribution >= 4 is 27.3 Å². The molecule has 0 saturated carbocycles. The molecule has 0 bridgehead atoms. The number of sulfonamides is 1. The Morgan fingerprint density at radius 1 is 1.14 bits per heavy atom. The summed E-state index contributed by atoms with van der Waals surface area (Å²) in [4.78, 5) is 12.9. The van der Waals surface area contributed by atoms with Crippen LogP contribution < -0.4 is 5.69 Å². The molecule has 1 aromatic carbocycles. The van der Waals surface area contributed by atoms with Gasteiger partial charge in [0.2, 0.25) is 10.0 Å². The maximum atomic E-state index is 13.0. The van der Waals surface area contributed by atoms with E-state index < -0.39 is 15.7 Å². The van der Waals surface area contributed by atoms with Crippen LogP contribution in [0, 0.1) is 5.92 Å². The molecule has 0 atom stereocenters. The van der Waals surface area contributed by atoms with Gasteiger partial charge in [0.05, 0.1) is 11.4 Å². The summed E-state index contributed by atoms with van der Waals surface area (Å²) < 4.78 is 30.0. The summed E-state index contributed by atoms with van der Waals surface area (Å²) in [5, 5.41) is 4.84. The third-order valence-corrected chi connectivity index (χ3v) is 7.46. The topological polar surface area (TPSA) is 76.7 Å². The van der Waals surface area contributed by atoms with Gasteiger partial charge < -0.3 is 0 Å². The summed E-state index contributed by atoms with van der Waals surface area (Å²) in [6.07, 6.45) is 3.05. The summed E-state index contributed by atoms with van der Waals surface area (Å²) in [7, 11) is -3.63. The lowest BCUT2D eigenvalue weighted by molar-refractivity contribution is 0.288. The van der Waals surface area contributed by atoms with Crippen LogP contribution in [-0.4, -0.2) is 40.0 Å². The molecule has 1 saturated heterocycles. The van der Waals surface area contributed by atoms with E-state index in [2.05, 4.69) is 12.0 Å². The number of piperidine rings is 1. The molecular weight excluding hydrogens is 400 g/mol. The van der Waals surface area contributed by atoms with Crippen molar-refractivity contribution in [1.82, 2.24) is 18.5 Å². The number of rotatable bonds is 4. The van der Waals surface area contributed by atoms with E-state index in [9.17, 15) is 13.2 Å². The highest BCUT2D eigenvalue weighted by Crippen LogP contribution is 2.23. The first-order valence-corrected chi connectivity index (χ1v) is 11.0. The molecule has 2 aromatic heterocycles. The molecule has 7 nitrogen and oxygen atoms in total. The molecule has 9 heteroatoms. The minimum absolute atomic E-state index is 0.106. The third kappa shape index (κ3) is 3.47. The highest BCUT2D eigenvalue weighted by atomic mass is 35.5. The van der Waals surface area contributed by atoms with Crippen LogP contribution in [0.3, 0.4) is 0 Å². The van der Waals surface area contributed by atoms with Crippen molar-refractivity contribution in [3.63, 3.8) is 0 Å². The maximum absolute atomic E-state index is 13.0. The molecular formula is C19H21ClN4O3S. The number of hydrogen-bond donors (Lipinski definition) is 0. The van der Waals surface area contributed by atoms with E-state index in [1.165, 1.54) is 25.7 Å². The van der Waals surface area contributed by atoms with E-state index >= 15 is 0 Å². The Labute approximate surface area is 168 Å². The number of hydrogen-bond acceptors (Lipinski definition) is 4. The maximum Gasteiger partial charge on any atom is 0.350 e. The highest BCUT2D eigenvalue weighted by molar-refractivity contribution is 7.89. The Balaban J connectivity index is 1.69. The largest absolute Gasteiger partial charge is 0.350 e. The minimum Gasteiger partial charge on any atom is -0.249 e. The zero-order valence-electron chi connectivity index (χ0n) is 15.5. The van der Waals surface area contributed by atoms with E-state index in [0.29, 0.717) is 29.7 Å². The number of fused-ring (bicyclic) bond motifs is 1. The standard InChI is InChI=1S/C19H21ClN4O3S/c1-14-8-10-22(11-9-14)28(26,27)16-6-7-18-21-24(19(25)23(18)13-16)12-15-4-2-3-5-17(15)20/h2-7,13-14H,8-12H2,1H3. The lowest BCUT2D eigenvalue weighted by Gasteiger charge is -2.29. The second kappa shape index (κ2) is 7.35. The smallest absolute Gasteiger partial charge is 0.249 e. The Kier molecular flexibility index (Phi) is 5.03. The quantitative estimate of drug-likeness (QED) is 0.650. The number of halogens is 1. The minimum atomic E-state index is -3.63. The van der Waals surface area contributed by atoms with Crippen LogP contribution in [0.5, 0.6) is 0 Å². The van der Waals surface area contributed by atoms with Gasteiger partial charge in [0, 0.05) is 24.3 Å². The molecule has 0 amide bonds. The molecule has 0 spiro atoms. The number of pyridine rings is 1. The molecule has 0 unspecified atom stereocenters. The summed E-state index contributed by atoms with van der Waals surface area (Å²) in [5.74, 6) is 0.527. The normalized spacial score (nSPS) is 16.6. The van der Waals surface area contributed by atoms with Gasteiger partial charge in [-0.3, -0.25) is 0 Å². The van der Waals surface area contributed by atoms with Crippen molar-refractivity contribution < 1.29 is 8.42 Å². The summed E-state index contributed by atoms with van der Waals surface area (Å²) >= 11 is 6.17. The molecule has 28 heavy (non-hydrogen) atoms. The van der Waals surface area contributed by atoms with Gasteiger partial charge in [0.25, 0.3) is 0 Å². The van der Waals surface area contributed by atoms with Crippen molar-refractivity contribution in [3.8, 4) is 0 Å². The lowest BCUT2D eigenvalue weighted by Crippen LogP contribution is -2.38. The predicted octanol–water partition coefficient (Wildman–Crippen LogP) is 2.62. The van der Waals surface area contributed by atoms with Crippen molar-refractivity contribution in [2.45, 2.75) is 31.2 Å². The third-order valence-electron chi connectivity index (χ3n) is 5.21. The summed E-state index contributed by atoms with van der Waals surface area (Å²) in [6, 6.07) is 10.3. The van der Waals surface area contributed by atoms with Gasteiger partial charge in [-0.1, -0.05) is 36.7 Å². The Morgan fingerprint density at radius 3 is 2.57 bits per heavy atom. The molecule has 4 rings (SSSR count). The van der Waals surface area contributed by atoms with Gasteiger partial charge in [0.1, 0.15) is 0 Å². The zero-order valence-corrected chi connectivity index (χ0v) is 17.0. The van der Waals surface area contributed by atoms with Crippen LogP contribution in [0.4, 0.5) is 0 Å². The second-order valence-electron chi connectivity index (χ2n) is 7.21. The molecule has 0 radical (unpaired) electrons. The fourth-order valence-electron chi connectivity index (χ4n) is 3.42. The molecule has 0 aliphatic carbocycles. The average molecular weight is 421 g/mol. The van der Waals surface area contributed by atoms with E-state index in [4.69, 9.17) is 11.6 Å². The van der Waals surface area contributed by atoms with Crippen LogP contribution in [0.1, 0.15) is 25.3 Å². The van der Waals surface area contributed by atoms with Gasteiger partial charge in [-0.05, 0) is 42.5 Å². The number of benzene rings is 1. The monoisotopic (exact) mass is 420 g/mol. The summed E-state index contributed by atoms with van der Waals surface area (Å²) in [5.41, 5.74) is 0.757. The van der Waals surface area contributed by atoms with Crippen LogP contribution >= 0.6 is 11.6 Å². The molecule has 0 N–H and O–H groups in total. The zero-order chi connectivity index (χ0) is 19.9. The fourth-order valence-corrected chi connectivity index (χ4v) is 5.08. The van der Waals surface area contributed by atoms with Gasteiger partial charge >= 0.3 is 5.69 Å². The Morgan fingerprint density at radius 2 is 1.86 bits per heavy atom. The molecule has 148 valence electrons. The summed E-state index contributed by atoms with van der Waals surface area (Å²) in [6.45, 7) is 3.35. The second-order valence-corrected chi connectivity index (χ2v) is 9.56. The predicted molar refractivity (Wildman–Crippen MR) is 107 cm³/mol. The molecule has 1 fully saturated rings. The van der Waals surface area contributed by atoms with Crippen molar-refractivity contribution in [1.29, 1.82) is 0 Å². The van der Waals surface area contributed by atoms with Gasteiger partial charge in [-0.15, -0.1) is 5.10 Å². The highest BCUT2D eigenvalue weighted by Gasteiger charge is 2.28. The first kappa shape index (κ1) is 19.2. The average Bonchev–Trinajstić information content (AvgIpc) is 2.99. The lowest BCUT2D eigenvalue weighted by atomic mass is 10.0. The van der Waals surface area contributed by atoms with Crippen molar-refractivity contribution in [2.75, 3.05) is 13.1 Å². The van der Waals surface area contributed by atoms with Crippen LogP contribution in [0.15, 0.2) is 52.3 Å². The van der Waals surface area contributed by atoms with Crippen molar-refractivity contribution in [2.24, 2.45) is 5.92 Å². The fraction of sp³-hybridized carbons (Fsp3) is 0.368. The Hall–Kier alpha value is -2.16. The first-order chi connectivity index (χ1) is 13.4. The van der Waals surface area contributed by atoms with Crippen molar-refractivity contribution in [3.05, 3.63) is 63.7 Å². The molecule has 1 aliphatic rings. The van der Waals surface area contributed by atoms with Crippen LogP contribution in [0.25, 0.3) is 5.65 Å². The van der Waals surface area contributed by atoms with Gasteiger partial charge in [-0.25, -0.2) is 22.3 Å². The van der Waals surface area contributed by atoms with E-state index in [1.54, 1.807) is 12.1 Å². The molecule has 3 heterocycles. The number of nitrogens with zero attached hydrogens (tertiary/aromatic N) is 4. The van der Waals surface area contributed by atoms with Crippen LogP contribution in [-0.2, 0) is 16.6 Å². The number of aromatic nitrogens is 3. The molecule has 1 aliphatic heterocycles. The first-order valence-electron chi connectivity index (χ1n) is 9.19. The van der Waals surface area contributed by atoms with E-state index in [0.717, 1.165) is 18.4 Å². The van der Waals surface area contributed by atoms with Crippen LogP contribution in [0.2, 0.25) is 5.02 Å². The Bertz CT molecular complexity index is 1180. The van der Waals surface area contributed by atoms with E-state index in [-0.39, 0.29) is 11.4 Å². The SMILES string of the molecule is CC1CCN(S(=O)(=O)c2ccc3nn(Cc4ccccc4Cl)c(=O)n3c2)CC1.